The van der Waals surface area contributed by atoms with Gasteiger partial charge in [0, 0.05) is 35.8 Å². The molecule has 2 unspecified atom stereocenters. The highest BCUT2D eigenvalue weighted by Crippen LogP contribution is 2.39. The summed E-state index contributed by atoms with van der Waals surface area (Å²) in [5.41, 5.74) is 1.78. The van der Waals surface area contributed by atoms with Crippen LogP contribution in [0.25, 0.3) is 10.9 Å². The SMILES string of the molecule is CC(C)NC1(C)C(=O)Nc2cc(Nc3nn([C@H]4COCCC4C#N)c4cc[nH]c(=O)c34)ccc21. The van der Waals surface area contributed by atoms with E-state index < -0.39 is 5.54 Å². The Morgan fingerprint density at radius 3 is 2.91 bits per heavy atom. The molecule has 2 aromatic heterocycles. The van der Waals surface area contributed by atoms with Gasteiger partial charge in [0.15, 0.2) is 5.82 Å². The molecule has 2 aliphatic heterocycles. The van der Waals surface area contributed by atoms with Crippen molar-refractivity contribution in [2.24, 2.45) is 5.92 Å². The Hall–Kier alpha value is -3.68. The van der Waals surface area contributed by atoms with Crippen molar-refractivity contribution in [3.8, 4) is 6.07 Å². The number of ether oxygens (including phenoxy) is 1. The number of aromatic nitrogens is 3. The highest BCUT2D eigenvalue weighted by molar-refractivity contribution is 6.06. The molecule has 10 nitrogen and oxygen atoms in total. The van der Waals surface area contributed by atoms with E-state index in [1.165, 1.54) is 0 Å². The maximum atomic E-state index is 12.7. The van der Waals surface area contributed by atoms with Gasteiger partial charge >= 0.3 is 0 Å². The maximum absolute atomic E-state index is 12.7. The molecule has 1 aromatic carbocycles. The van der Waals surface area contributed by atoms with Crippen molar-refractivity contribution in [2.75, 3.05) is 23.8 Å². The van der Waals surface area contributed by atoms with Gasteiger partial charge in [0.2, 0.25) is 5.91 Å². The third-order valence-corrected chi connectivity index (χ3v) is 6.54. The fourth-order valence-electron chi connectivity index (χ4n) is 4.94. The van der Waals surface area contributed by atoms with E-state index in [9.17, 15) is 14.9 Å². The number of pyridine rings is 1. The van der Waals surface area contributed by atoms with Crippen LogP contribution >= 0.6 is 0 Å². The number of fused-ring (bicyclic) bond motifs is 2. The first-order chi connectivity index (χ1) is 16.3. The first-order valence-electron chi connectivity index (χ1n) is 11.4. The molecule has 176 valence electrons. The van der Waals surface area contributed by atoms with E-state index in [2.05, 4.69) is 27.0 Å². The van der Waals surface area contributed by atoms with Gasteiger partial charge in [-0.15, -0.1) is 0 Å². The first kappa shape index (κ1) is 22.1. The zero-order valence-corrected chi connectivity index (χ0v) is 19.3. The number of carbonyl (C=O) groups excluding carboxylic acids is 1. The van der Waals surface area contributed by atoms with Crippen LogP contribution in [0, 0.1) is 17.2 Å². The number of aromatic amines is 1. The number of H-pyrrole nitrogens is 1. The minimum atomic E-state index is -0.819. The number of hydrogen-bond acceptors (Lipinski definition) is 7. The molecule has 0 radical (unpaired) electrons. The predicted octanol–water partition coefficient (Wildman–Crippen LogP) is 2.73. The Balaban J connectivity index is 1.53. The molecular weight excluding hydrogens is 434 g/mol. The largest absolute Gasteiger partial charge is 0.379 e. The number of rotatable bonds is 5. The van der Waals surface area contributed by atoms with Crippen molar-refractivity contribution in [2.45, 2.75) is 44.8 Å². The van der Waals surface area contributed by atoms with Gasteiger partial charge in [0.05, 0.1) is 30.2 Å². The minimum absolute atomic E-state index is 0.112. The molecule has 0 aliphatic carbocycles. The highest BCUT2D eigenvalue weighted by atomic mass is 16.5. The Kier molecular flexibility index (Phi) is 5.38. The topological polar surface area (TPSA) is 137 Å². The summed E-state index contributed by atoms with van der Waals surface area (Å²) in [7, 11) is 0. The van der Waals surface area contributed by atoms with Crippen LogP contribution in [-0.4, -0.2) is 39.9 Å². The third-order valence-electron chi connectivity index (χ3n) is 6.54. The summed E-state index contributed by atoms with van der Waals surface area (Å²) in [6.45, 7) is 6.76. The Morgan fingerprint density at radius 1 is 1.32 bits per heavy atom. The van der Waals surface area contributed by atoms with Crippen molar-refractivity contribution in [1.29, 1.82) is 5.26 Å². The normalized spacial score (nSPS) is 24.1. The van der Waals surface area contributed by atoms with Crippen LogP contribution in [0.3, 0.4) is 0 Å². The van der Waals surface area contributed by atoms with E-state index in [1.807, 2.05) is 39.0 Å². The summed E-state index contributed by atoms with van der Waals surface area (Å²) < 4.78 is 7.34. The molecule has 0 bridgehead atoms. The van der Waals surface area contributed by atoms with Crippen LogP contribution in [0.2, 0.25) is 0 Å². The van der Waals surface area contributed by atoms with Crippen molar-refractivity contribution >= 4 is 34.0 Å². The average molecular weight is 462 g/mol. The predicted molar refractivity (Wildman–Crippen MR) is 128 cm³/mol. The van der Waals surface area contributed by atoms with Crippen LogP contribution < -0.4 is 21.5 Å². The molecule has 3 atom stereocenters. The second-order valence-corrected chi connectivity index (χ2v) is 9.29. The second-order valence-electron chi connectivity index (χ2n) is 9.29. The number of anilines is 3. The van der Waals surface area contributed by atoms with Crippen LogP contribution in [0.15, 0.2) is 35.3 Å². The molecule has 0 saturated carbocycles. The van der Waals surface area contributed by atoms with Gasteiger partial charge in [-0.2, -0.15) is 10.4 Å². The van der Waals surface area contributed by atoms with E-state index in [0.29, 0.717) is 47.7 Å². The van der Waals surface area contributed by atoms with Gasteiger partial charge in [-0.3, -0.25) is 19.6 Å². The van der Waals surface area contributed by atoms with E-state index in [-0.39, 0.29) is 29.5 Å². The van der Waals surface area contributed by atoms with E-state index in [1.54, 1.807) is 16.9 Å². The minimum Gasteiger partial charge on any atom is -0.379 e. The summed E-state index contributed by atoms with van der Waals surface area (Å²) in [4.78, 5) is 28.2. The summed E-state index contributed by atoms with van der Waals surface area (Å²) in [5.74, 6) is 0.0103. The lowest BCUT2D eigenvalue weighted by atomic mass is 9.92. The monoisotopic (exact) mass is 461 g/mol. The number of hydrogen-bond donors (Lipinski definition) is 4. The van der Waals surface area contributed by atoms with Crippen LogP contribution in [0.4, 0.5) is 17.2 Å². The molecule has 34 heavy (non-hydrogen) atoms. The molecule has 4 N–H and O–H groups in total. The van der Waals surface area contributed by atoms with Crippen LogP contribution in [-0.2, 0) is 15.1 Å². The van der Waals surface area contributed by atoms with Crippen molar-refractivity contribution in [3.05, 3.63) is 46.4 Å². The molecule has 10 heteroatoms. The quantitative estimate of drug-likeness (QED) is 0.458. The molecule has 3 aromatic rings. The highest BCUT2D eigenvalue weighted by Gasteiger charge is 2.43. The second kappa shape index (κ2) is 8.27. The summed E-state index contributed by atoms with van der Waals surface area (Å²) in [5, 5.41) is 24.3. The summed E-state index contributed by atoms with van der Waals surface area (Å²) >= 11 is 0. The van der Waals surface area contributed by atoms with Gasteiger partial charge in [-0.25, -0.2) is 0 Å². The summed E-state index contributed by atoms with van der Waals surface area (Å²) in [6, 6.07) is 9.57. The van der Waals surface area contributed by atoms with E-state index in [4.69, 9.17) is 9.84 Å². The number of benzene rings is 1. The van der Waals surface area contributed by atoms with Gasteiger partial charge < -0.3 is 20.4 Å². The number of nitriles is 1. The fraction of sp³-hybridized carbons (Fsp3) is 0.417. The number of nitrogens with one attached hydrogen (secondary N) is 4. The maximum Gasteiger partial charge on any atom is 0.261 e. The van der Waals surface area contributed by atoms with Gasteiger partial charge in [0.1, 0.15) is 10.9 Å². The van der Waals surface area contributed by atoms with Crippen LogP contribution in [0.1, 0.15) is 38.8 Å². The number of carbonyl (C=O) groups is 1. The van der Waals surface area contributed by atoms with E-state index >= 15 is 0 Å². The average Bonchev–Trinajstić information content (AvgIpc) is 3.28. The van der Waals surface area contributed by atoms with Crippen LogP contribution in [0.5, 0.6) is 0 Å². The zero-order chi connectivity index (χ0) is 24.0. The Morgan fingerprint density at radius 2 is 2.15 bits per heavy atom. The third kappa shape index (κ3) is 3.54. The standard InChI is InChI=1S/C24H27N7O3/c1-13(2)29-24(3)16-5-4-15(10-17(16)28-23(24)33)27-21-20-18(6-8-26-22(20)32)31(30-21)19-12-34-9-7-14(19)11-25/h4-6,8,10,13-14,19,29H,7,9,12H2,1-3H3,(H,26,32)(H,27,30)(H,28,33)/t14?,19-,24?/m0/s1. The molecule has 4 heterocycles. The van der Waals surface area contributed by atoms with Crippen molar-refractivity contribution < 1.29 is 9.53 Å². The Labute approximate surface area is 196 Å². The smallest absolute Gasteiger partial charge is 0.261 e. The molecular formula is C24H27N7O3. The van der Waals surface area contributed by atoms with E-state index in [0.717, 1.165) is 5.56 Å². The molecule has 1 saturated heterocycles. The van der Waals surface area contributed by atoms with Gasteiger partial charge in [-0.05, 0) is 45.4 Å². The zero-order valence-electron chi connectivity index (χ0n) is 19.3. The number of amides is 1. The fourth-order valence-corrected chi connectivity index (χ4v) is 4.94. The van der Waals surface area contributed by atoms with Gasteiger partial charge in [0.25, 0.3) is 5.56 Å². The number of nitrogens with zero attached hydrogens (tertiary/aromatic N) is 3. The molecule has 1 fully saturated rings. The lowest BCUT2D eigenvalue weighted by molar-refractivity contribution is -0.121. The lowest BCUT2D eigenvalue weighted by Gasteiger charge is -2.27. The van der Waals surface area contributed by atoms with Crippen molar-refractivity contribution in [1.82, 2.24) is 20.1 Å². The Bertz CT molecular complexity index is 1370. The van der Waals surface area contributed by atoms with Crippen molar-refractivity contribution in [3.63, 3.8) is 0 Å². The summed E-state index contributed by atoms with van der Waals surface area (Å²) in [6.07, 6.45) is 2.19. The molecule has 5 rings (SSSR count). The molecule has 1 amide bonds. The van der Waals surface area contributed by atoms with Gasteiger partial charge in [-0.1, -0.05) is 6.07 Å². The first-order valence-corrected chi connectivity index (χ1v) is 11.4. The lowest BCUT2D eigenvalue weighted by Crippen LogP contribution is -2.48. The molecule has 2 aliphatic rings. The molecule has 0 spiro atoms.